The van der Waals surface area contributed by atoms with Crippen LogP contribution in [-0.4, -0.2) is 96.7 Å². The molecule has 0 rings (SSSR count). The molecule has 0 aromatic rings. The number of unbranched alkanes of at least 4 members (excludes halogenated alkanes) is 53. The summed E-state index contributed by atoms with van der Waals surface area (Å²) in [6.07, 6.45) is 68.2. The van der Waals surface area contributed by atoms with E-state index in [9.17, 15) is 43.2 Å². The van der Waals surface area contributed by atoms with Crippen molar-refractivity contribution < 1.29 is 80.2 Å². The SMILES string of the molecule is CCCCCCCCCCCCCCCCCCCCCCC(=O)OC[C@H](COP(=O)(O)OC[C@@H](O)COP(=O)(O)OC[C@@H](COC(=O)CCCCCCCCCCC(C)C)OC(=O)CCCCCCCCCCCCCC(C)C)OC(=O)CCCCCCCCCCCCCCCCCCCCC(C)C. The molecule has 17 nitrogen and oxygen atoms in total. The molecule has 0 fully saturated rings. The molecule has 0 aliphatic heterocycles. The Kier molecular flexibility index (Phi) is 75.6. The molecule has 630 valence electrons. The van der Waals surface area contributed by atoms with Crippen LogP contribution in [0.2, 0.25) is 0 Å². The van der Waals surface area contributed by atoms with Crippen LogP contribution in [0.15, 0.2) is 0 Å². The van der Waals surface area contributed by atoms with Crippen LogP contribution in [0, 0.1) is 17.8 Å². The number of phosphoric ester groups is 2. The zero-order valence-corrected chi connectivity index (χ0v) is 71.7. The van der Waals surface area contributed by atoms with Crippen LogP contribution in [0.4, 0.5) is 0 Å². The first-order valence-corrected chi connectivity index (χ1v) is 47.8. The topological polar surface area (TPSA) is 237 Å². The number of aliphatic hydroxyl groups excluding tert-OH is 1. The number of aliphatic hydroxyl groups is 1. The van der Waals surface area contributed by atoms with E-state index in [0.717, 1.165) is 108 Å². The second-order valence-electron chi connectivity index (χ2n) is 32.7. The zero-order valence-electron chi connectivity index (χ0n) is 69.9. The van der Waals surface area contributed by atoms with Gasteiger partial charge in [-0.05, 0) is 43.4 Å². The lowest BCUT2D eigenvalue weighted by atomic mass is 10.0. The Bertz CT molecular complexity index is 2040. The van der Waals surface area contributed by atoms with E-state index in [1.54, 1.807) is 0 Å². The van der Waals surface area contributed by atoms with Crippen LogP contribution in [0.5, 0.6) is 0 Å². The molecule has 0 aliphatic carbocycles. The van der Waals surface area contributed by atoms with Crippen LogP contribution >= 0.6 is 15.6 Å². The Morgan fingerprint density at radius 2 is 0.434 bits per heavy atom. The summed E-state index contributed by atoms with van der Waals surface area (Å²) >= 11 is 0. The molecule has 0 saturated heterocycles. The fraction of sp³-hybridized carbons (Fsp3) is 0.954. The lowest BCUT2D eigenvalue weighted by molar-refractivity contribution is -0.161. The lowest BCUT2D eigenvalue weighted by Crippen LogP contribution is -2.30. The van der Waals surface area contributed by atoms with E-state index in [2.05, 4.69) is 48.5 Å². The average molecular weight is 1550 g/mol. The third-order valence-electron chi connectivity index (χ3n) is 20.4. The second kappa shape index (κ2) is 77.0. The summed E-state index contributed by atoms with van der Waals surface area (Å²) in [4.78, 5) is 73.2. The van der Waals surface area contributed by atoms with Gasteiger partial charge in [-0.2, -0.15) is 0 Å². The van der Waals surface area contributed by atoms with Gasteiger partial charge in [-0.1, -0.05) is 408 Å². The molecule has 0 aliphatic rings. The van der Waals surface area contributed by atoms with Crippen molar-refractivity contribution >= 4 is 39.5 Å². The zero-order chi connectivity index (χ0) is 77.9. The maximum atomic E-state index is 13.2. The van der Waals surface area contributed by atoms with Crippen molar-refractivity contribution in [3.8, 4) is 0 Å². The number of phosphoric acid groups is 2. The molecule has 0 heterocycles. The Hall–Kier alpha value is -1.94. The van der Waals surface area contributed by atoms with Crippen molar-refractivity contribution in [2.24, 2.45) is 17.8 Å². The molecular formula is C87H170O17P2. The molecule has 3 N–H and O–H groups in total. The largest absolute Gasteiger partial charge is 0.472 e. The van der Waals surface area contributed by atoms with E-state index in [1.165, 1.54) is 270 Å². The van der Waals surface area contributed by atoms with Crippen LogP contribution in [0.1, 0.15) is 459 Å². The molecule has 0 aromatic carbocycles. The lowest BCUT2D eigenvalue weighted by Gasteiger charge is -2.21. The van der Waals surface area contributed by atoms with Gasteiger partial charge >= 0.3 is 39.5 Å². The minimum Gasteiger partial charge on any atom is -0.462 e. The van der Waals surface area contributed by atoms with E-state index in [4.69, 9.17) is 37.0 Å². The van der Waals surface area contributed by atoms with E-state index < -0.39 is 97.5 Å². The summed E-state index contributed by atoms with van der Waals surface area (Å²) in [5.41, 5.74) is 0. The molecule has 106 heavy (non-hydrogen) atoms. The third-order valence-corrected chi connectivity index (χ3v) is 22.3. The molecule has 19 heteroatoms. The molecule has 0 spiro atoms. The van der Waals surface area contributed by atoms with E-state index >= 15 is 0 Å². The van der Waals surface area contributed by atoms with Crippen LogP contribution in [-0.2, 0) is 65.4 Å². The Balaban J connectivity index is 5.23. The van der Waals surface area contributed by atoms with Gasteiger partial charge in [0.1, 0.15) is 19.3 Å². The maximum Gasteiger partial charge on any atom is 0.472 e. The van der Waals surface area contributed by atoms with Gasteiger partial charge in [-0.25, -0.2) is 9.13 Å². The van der Waals surface area contributed by atoms with E-state index in [1.807, 2.05) is 0 Å². The Morgan fingerprint density at radius 1 is 0.255 bits per heavy atom. The van der Waals surface area contributed by atoms with Crippen molar-refractivity contribution in [1.29, 1.82) is 0 Å². The van der Waals surface area contributed by atoms with Crippen LogP contribution in [0.25, 0.3) is 0 Å². The minimum atomic E-state index is -4.97. The third kappa shape index (κ3) is 80.1. The van der Waals surface area contributed by atoms with Gasteiger partial charge in [-0.15, -0.1) is 0 Å². The van der Waals surface area contributed by atoms with Gasteiger partial charge in [0.05, 0.1) is 26.4 Å². The fourth-order valence-corrected chi connectivity index (χ4v) is 15.1. The van der Waals surface area contributed by atoms with Crippen molar-refractivity contribution in [3.05, 3.63) is 0 Å². The highest BCUT2D eigenvalue weighted by Gasteiger charge is 2.30. The number of hydrogen-bond acceptors (Lipinski definition) is 15. The van der Waals surface area contributed by atoms with Gasteiger partial charge in [-0.3, -0.25) is 37.3 Å². The average Bonchev–Trinajstić information content (AvgIpc) is 0.900. The molecule has 0 bridgehead atoms. The van der Waals surface area contributed by atoms with Gasteiger partial charge < -0.3 is 33.8 Å². The van der Waals surface area contributed by atoms with Crippen molar-refractivity contribution in [3.63, 3.8) is 0 Å². The molecule has 2 unspecified atom stereocenters. The summed E-state index contributed by atoms with van der Waals surface area (Å²) in [5, 5.41) is 10.7. The molecule has 0 aromatic heterocycles. The summed E-state index contributed by atoms with van der Waals surface area (Å²) in [5.74, 6) is 0.207. The number of esters is 4. The van der Waals surface area contributed by atoms with Crippen molar-refractivity contribution in [1.82, 2.24) is 0 Å². The summed E-state index contributed by atoms with van der Waals surface area (Å²) in [7, 11) is -9.93. The molecule has 5 atom stereocenters. The van der Waals surface area contributed by atoms with Crippen LogP contribution < -0.4 is 0 Å². The minimum absolute atomic E-state index is 0.106. The summed E-state index contributed by atoms with van der Waals surface area (Å²) in [6.45, 7) is 12.0. The standard InChI is InChI=1S/C87H170O17P2/c1-8-9-10-11-12-13-14-15-16-17-18-19-23-26-29-34-39-47-54-61-68-84(89)97-74-82(103-86(91)70-63-56-49-40-35-30-27-24-21-20-22-25-28-32-37-44-51-58-65-78(2)3)76-101-105(93,94)99-72-81(88)73-100-106(95,96)102-77-83(75-98-85(90)69-62-55-48-43-42-46-53-60-67-80(6)7)104-87(92)71-64-57-50-41-36-31-33-38-45-52-59-66-79(4)5/h78-83,88H,8-77H2,1-7H3,(H,93,94)(H,95,96)/t81-,82-,83-/m1/s1. The monoisotopic (exact) mass is 1550 g/mol. The molecule has 0 radical (unpaired) electrons. The van der Waals surface area contributed by atoms with Crippen LogP contribution in [0.3, 0.4) is 0 Å². The van der Waals surface area contributed by atoms with E-state index in [0.29, 0.717) is 25.7 Å². The summed E-state index contributed by atoms with van der Waals surface area (Å²) < 4.78 is 68.9. The number of hydrogen-bond donors (Lipinski definition) is 3. The maximum absolute atomic E-state index is 13.2. The number of ether oxygens (including phenoxy) is 4. The summed E-state index contributed by atoms with van der Waals surface area (Å²) in [6, 6.07) is 0. The predicted molar refractivity (Wildman–Crippen MR) is 437 cm³/mol. The van der Waals surface area contributed by atoms with Gasteiger partial charge in [0.25, 0.3) is 0 Å². The van der Waals surface area contributed by atoms with Gasteiger partial charge in [0.15, 0.2) is 12.2 Å². The number of carbonyl (C=O) groups excluding carboxylic acids is 4. The highest BCUT2D eigenvalue weighted by Crippen LogP contribution is 2.45. The quantitative estimate of drug-likeness (QED) is 0.0222. The van der Waals surface area contributed by atoms with Gasteiger partial charge in [0.2, 0.25) is 0 Å². The normalized spacial score (nSPS) is 13.9. The number of carbonyl (C=O) groups is 4. The number of rotatable bonds is 85. The fourth-order valence-electron chi connectivity index (χ4n) is 13.5. The smallest absolute Gasteiger partial charge is 0.462 e. The highest BCUT2D eigenvalue weighted by molar-refractivity contribution is 7.47. The van der Waals surface area contributed by atoms with Crippen molar-refractivity contribution in [2.45, 2.75) is 478 Å². The van der Waals surface area contributed by atoms with Crippen molar-refractivity contribution in [2.75, 3.05) is 39.6 Å². The molecule has 0 amide bonds. The first-order valence-electron chi connectivity index (χ1n) is 44.8. The predicted octanol–water partition coefficient (Wildman–Crippen LogP) is 26.5. The molecule has 0 saturated carbocycles. The van der Waals surface area contributed by atoms with E-state index in [-0.39, 0.29) is 25.7 Å². The van der Waals surface area contributed by atoms with Gasteiger partial charge in [0, 0.05) is 25.7 Å². The highest BCUT2D eigenvalue weighted by atomic mass is 31.2. The Labute approximate surface area is 651 Å². The Morgan fingerprint density at radius 3 is 0.642 bits per heavy atom. The first-order chi connectivity index (χ1) is 51.2. The first kappa shape index (κ1) is 104. The molecular weight excluding hydrogens is 1380 g/mol. The second-order valence-corrected chi connectivity index (χ2v) is 35.6.